The van der Waals surface area contributed by atoms with Gasteiger partial charge in [0.05, 0.1) is 22.1 Å². The van der Waals surface area contributed by atoms with E-state index in [1.54, 1.807) is 55.5 Å². The zero-order chi connectivity index (χ0) is 24.1. The lowest BCUT2D eigenvalue weighted by molar-refractivity contribution is -0.625. The highest BCUT2D eigenvalue weighted by Crippen LogP contribution is 2.22. The molecule has 0 spiro atoms. The first kappa shape index (κ1) is 23.8. The van der Waals surface area contributed by atoms with Gasteiger partial charge in [0.2, 0.25) is 0 Å². The fraction of sp³-hybridized carbons (Fsp3) is 0.0833. The zero-order valence-electron chi connectivity index (χ0n) is 18.0. The topological polar surface area (TPSA) is 94.2 Å². The predicted octanol–water partition coefficient (Wildman–Crippen LogP) is 5.00. The Morgan fingerprint density at radius 3 is 2.29 bits per heavy atom. The van der Waals surface area contributed by atoms with E-state index in [1.807, 2.05) is 28.8 Å². The molecule has 3 N–H and O–H groups in total. The number of aromatic nitrogens is 3. The first-order chi connectivity index (χ1) is 16.4. The van der Waals surface area contributed by atoms with E-state index in [9.17, 15) is 9.90 Å². The van der Waals surface area contributed by atoms with Crippen molar-refractivity contribution < 1.29 is 14.5 Å². The molecular weight excluding hydrogens is 493 g/mol. The number of nitrogens with one attached hydrogen (secondary N) is 2. The van der Waals surface area contributed by atoms with E-state index in [1.165, 1.54) is 11.8 Å². The molecule has 10 heteroatoms. The van der Waals surface area contributed by atoms with Crippen LogP contribution in [0.2, 0.25) is 10.0 Å². The molecular formula is C24H20Cl2N5O2S+. The van der Waals surface area contributed by atoms with Gasteiger partial charge in [-0.05, 0) is 97.0 Å². The van der Waals surface area contributed by atoms with Crippen molar-refractivity contribution in [2.24, 2.45) is 5.10 Å². The molecule has 4 aromatic rings. The third kappa shape index (κ3) is 5.77. The number of aromatic hydroxyl groups is 1. The zero-order valence-corrected chi connectivity index (χ0v) is 20.3. The standard InChI is InChI=1S/C24H19Cl2N5O2S/c1-15(16-4-12-21(32)13-5-16)27-28-22(33)14-34-24-30-29-23(17-2-6-18(25)7-3-17)31(24)20-10-8-19(26)9-11-20/h2-13H,14H2,1H3,(H2,27,28,32,33)/p+1. The number of hydrazone groups is 1. The smallest absolute Gasteiger partial charge is 0.342 e. The van der Waals surface area contributed by atoms with Gasteiger partial charge in [0.15, 0.2) is 0 Å². The molecule has 7 nitrogen and oxygen atoms in total. The lowest BCUT2D eigenvalue weighted by Gasteiger charge is -2.05. The molecule has 1 aromatic heterocycles. The summed E-state index contributed by atoms with van der Waals surface area (Å²) in [5, 5.41) is 22.9. The number of halogens is 2. The number of phenols is 1. The average Bonchev–Trinajstić information content (AvgIpc) is 3.26. The molecule has 1 heterocycles. The highest BCUT2D eigenvalue weighted by atomic mass is 35.5. The van der Waals surface area contributed by atoms with Crippen LogP contribution < -0.4 is 9.99 Å². The summed E-state index contributed by atoms with van der Waals surface area (Å²) < 4.78 is 1.92. The Kier molecular flexibility index (Phi) is 7.52. The van der Waals surface area contributed by atoms with Crippen molar-refractivity contribution in [1.82, 2.24) is 15.6 Å². The van der Waals surface area contributed by atoms with Crippen LogP contribution in [-0.2, 0) is 4.79 Å². The normalized spacial score (nSPS) is 11.4. The first-order valence-electron chi connectivity index (χ1n) is 10.2. The number of nitrogens with zero attached hydrogens (tertiary/aromatic N) is 3. The maximum Gasteiger partial charge on any atom is 0.342 e. The molecule has 0 fully saturated rings. The molecule has 0 aliphatic heterocycles. The Hall–Kier alpha value is -3.33. The fourth-order valence-corrected chi connectivity index (χ4v) is 4.11. The van der Waals surface area contributed by atoms with E-state index in [0.29, 0.717) is 20.9 Å². The minimum absolute atomic E-state index is 0.102. The van der Waals surface area contributed by atoms with E-state index in [2.05, 4.69) is 20.7 Å². The molecule has 0 saturated carbocycles. The van der Waals surface area contributed by atoms with Gasteiger partial charge in [-0.3, -0.25) is 4.79 Å². The summed E-state index contributed by atoms with van der Waals surface area (Å²) in [6, 6.07) is 21.3. The van der Waals surface area contributed by atoms with Crippen LogP contribution in [0.5, 0.6) is 5.75 Å². The van der Waals surface area contributed by atoms with Crippen molar-refractivity contribution in [2.45, 2.75) is 12.1 Å². The maximum absolute atomic E-state index is 12.5. The Balaban J connectivity index is 1.52. The lowest BCUT2D eigenvalue weighted by Crippen LogP contribution is -2.34. The monoisotopic (exact) mass is 512 g/mol. The molecule has 172 valence electrons. The van der Waals surface area contributed by atoms with Crippen LogP contribution in [0.25, 0.3) is 17.1 Å². The third-order valence-electron chi connectivity index (χ3n) is 4.84. The van der Waals surface area contributed by atoms with E-state index in [0.717, 1.165) is 22.6 Å². The van der Waals surface area contributed by atoms with Crippen LogP contribution in [0.1, 0.15) is 12.5 Å². The molecule has 0 atom stereocenters. The average molecular weight is 513 g/mol. The van der Waals surface area contributed by atoms with Crippen LogP contribution in [0, 0.1) is 0 Å². The second-order valence-electron chi connectivity index (χ2n) is 7.24. The van der Waals surface area contributed by atoms with Crippen molar-refractivity contribution >= 4 is 46.6 Å². The summed E-state index contributed by atoms with van der Waals surface area (Å²) in [5.41, 5.74) is 5.71. The van der Waals surface area contributed by atoms with Crippen LogP contribution in [-0.4, -0.2) is 32.7 Å². The number of rotatable bonds is 7. The van der Waals surface area contributed by atoms with Crippen molar-refractivity contribution in [1.29, 1.82) is 0 Å². The molecule has 1 amide bonds. The van der Waals surface area contributed by atoms with Gasteiger partial charge in [-0.25, -0.2) is 5.43 Å². The van der Waals surface area contributed by atoms with Gasteiger partial charge >= 0.3 is 5.16 Å². The van der Waals surface area contributed by atoms with E-state index >= 15 is 0 Å². The van der Waals surface area contributed by atoms with Gasteiger partial charge in [-0.2, -0.15) is 9.67 Å². The maximum atomic E-state index is 12.5. The Labute approximate surface area is 210 Å². The largest absolute Gasteiger partial charge is 0.508 e. The Morgan fingerprint density at radius 1 is 1.03 bits per heavy atom. The van der Waals surface area contributed by atoms with Gasteiger partial charge in [0.1, 0.15) is 11.4 Å². The fourth-order valence-electron chi connectivity index (χ4n) is 3.10. The minimum atomic E-state index is -0.276. The molecule has 4 rings (SSSR count). The molecule has 0 unspecified atom stereocenters. The summed E-state index contributed by atoms with van der Waals surface area (Å²) in [4.78, 5) is 12.5. The second-order valence-corrected chi connectivity index (χ2v) is 9.06. The number of amides is 1. The number of aromatic amines is 1. The number of benzene rings is 3. The predicted molar refractivity (Wildman–Crippen MR) is 135 cm³/mol. The molecule has 0 bridgehead atoms. The highest BCUT2D eigenvalue weighted by molar-refractivity contribution is 7.99. The van der Waals surface area contributed by atoms with E-state index < -0.39 is 0 Å². The summed E-state index contributed by atoms with van der Waals surface area (Å²) in [5.74, 6) is 0.734. The van der Waals surface area contributed by atoms with Crippen molar-refractivity contribution in [2.75, 3.05) is 5.75 Å². The minimum Gasteiger partial charge on any atom is -0.508 e. The lowest BCUT2D eigenvalue weighted by atomic mass is 10.1. The number of carbonyl (C=O) groups is 1. The van der Waals surface area contributed by atoms with Crippen LogP contribution in [0.4, 0.5) is 0 Å². The number of H-pyrrole nitrogens is 1. The van der Waals surface area contributed by atoms with Gasteiger partial charge in [-0.15, -0.1) is 5.10 Å². The highest BCUT2D eigenvalue weighted by Gasteiger charge is 2.24. The van der Waals surface area contributed by atoms with Crippen LogP contribution in [0.15, 0.2) is 83.1 Å². The molecule has 3 aromatic carbocycles. The van der Waals surface area contributed by atoms with E-state index in [-0.39, 0.29) is 17.4 Å². The van der Waals surface area contributed by atoms with E-state index in [4.69, 9.17) is 23.2 Å². The quantitative estimate of drug-likeness (QED) is 0.140. The van der Waals surface area contributed by atoms with Gasteiger partial charge in [-0.1, -0.05) is 23.2 Å². The molecule has 0 aliphatic carbocycles. The summed E-state index contributed by atoms with van der Waals surface area (Å²) in [7, 11) is 0. The Morgan fingerprint density at radius 2 is 1.65 bits per heavy atom. The van der Waals surface area contributed by atoms with Gasteiger partial charge in [0.25, 0.3) is 11.7 Å². The second kappa shape index (κ2) is 10.7. The molecule has 0 aliphatic rings. The summed E-state index contributed by atoms with van der Waals surface area (Å²) in [6.45, 7) is 1.78. The first-order valence-corrected chi connectivity index (χ1v) is 11.9. The Bertz CT molecular complexity index is 1320. The number of hydrogen-bond acceptors (Lipinski definition) is 5. The molecule has 34 heavy (non-hydrogen) atoms. The van der Waals surface area contributed by atoms with Crippen LogP contribution in [0.3, 0.4) is 0 Å². The van der Waals surface area contributed by atoms with Crippen molar-refractivity contribution in [3.63, 3.8) is 0 Å². The van der Waals surface area contributed by atoms with Gasteiger partial charge in [0, 0.05) is 10.0 Å². The third-order valence-corrected chi connectivity index (χ3v) is 6.28. The number of hydrogen-bond donors (Lipinski definition) is 3. The number of phenolic OH excluding ortho intramolecular Hbond substituents is 1. The number of thioether (sulfide) groups is 1. The van der Waals surface area contributed by atoms with Crippen LogP contribution >= 0.6 is 35.0 Å². The SMILES string of the molecule is CC(=NNC(=O)CSc1n[nH]c(-c2ccc(Cl)cc2)[n+]1-c1ccc(Cl)cc1)c1ccc(O)cc1. The molecule has 0 saturated heterocycles. The summed E-state index contributed by atoms with van der Waals surface area (Å²) >= 11 is 13.4. The van der Waals surface area contributed by atoms with Crippen molar-refractivity contribution in [3.05, 3.63) is 88.4 Å². The van der Waals surface area contributed by atoms with Gasteiger partial charge < -0.3 is 5.11 Å². The van der Waals surface area contributed by atoms with Crippen molar-refractivity contribution in [3.8, 4) is 22.8 Å². The molecule has 0 radical (unpaired) electrons. The summed E-state index contributed by atoms with van der Waals surface area (Å²) in [6.07, 6.45) is 0. The number of carbonyl (C=O) groups excluding carboxylic acids is 1.